The maximum Gasteiger partial charge on any atom is 0.238 e. The van der Waals surface area contributed by atoms with Crippen LogP contribution in [-0.2, 0) is 9.05 Å². The zero-order chi connectivity index (χ0) is 9.19. The summed E-state index contributed by atoms with van der Waals surface area (Å²) in [7, 11) is 1.41. The molecule has 2 nitrogen and oxygen atoms in total. The van der Waals surface area contributed by atoms with Crippen molar-refractivity contribution >= 4 is 19.7 Å². The Labute approximate surface area is 76.5 Å². The highest BCUT2D eigenvalue weighted by Gasteiger charge is 2.32. The minimum Gasteiger partial charge on any atom is -0.246 e. The number of hydrogen-bond acceptors (Lipinski definition) is 2. The summed E-state index contributed by atoms with van der Waals surface area (Å²) >= 11 is 0. The highest BCUT2D eigenvalue weighted by Crippen LogP contribution is 2.27. The van der Waals surface area contributed by atoms with Gasteiger partial charge in [-0.05, 0) is 12.8 Å². The monoisotopic (exact) mass is 214 g/mol. The van der Waals surface area contributed by atoms with E-state index in [-0.39, 0.29) is 0 Å². The Morgan fingerprint density at radius 2 is 1.75 bits per heavy atom. The molecule has 0 aliphatic heterocycles. The van der Waals surface area contributed by atoms with Gasteiger partial charge in [0, 0.05) is 10.7 Å². The summed E-state index contributed by atoms with van der Waals surface area (Å²) in [6, 6.07) is 0. The van der Waals surface area contributed by atoms with Crippen LogP contribution in [0.25, 0.3) is 0 Å². The molecule has 1 saturated carbocycles. The van der Waals surface area contributed by atoms with Crippen LogP contribution in [0.1, 0.15) is 32.1 Å². The van der Waals surface area contributed by atoms with Crippen LogP contribution in [0.5, 0.6) is 0 Å². The Morgan fingerprint density at radius 3 is 2.33 bits per heavy atom. The molecule has 0 heterocycles. The molecule has 12 heavy (non-hydrogen) atoms. The molecule has 0 bridgehead atoms. The van der Waals surface area contributed by atoms with E-state index < -0.39 is 20.5 Å². The van der Waals surface area contributed by atoms with E-state index in [9.17, 15) is 12.8 Å². The second kappa shape index (κ2) is 3.92. The van der Waals surface area contributed by atoms with Gasteiger partial charge in [-0.25, -0.2) is 12.8 Å². The molecule has 0 N–H and O–H groups in total. The van der Waals surface area contributed by atoms with Crippen LogP contribution < -0.4 is 0 Å². The van der Waals surface area contributed by atoms with E-state index in [0.29, 0.717) is 12.8 Å². The third-order valence-corrected chi connectivity index (χ3v) is 4.17. The van der Waals surface area contributed by atoms with Gasteiger partial charge in [-0.2, -0.15) is 0 Å². The molecular weight excluding hydrogens is 203 g/mol. The molecule has 0 radical (unpaired) electrons. The topological polar surface area (TPSA) is 34.1 Å². The zero-order valence-corrected chi connectivity index (χ0v) is 8.24. The molecule has 0 unspecified atom stereocenters. The van der Waals surface area contributed by atoms with Crippen LogP contribution in [0.2, 0.25) is 0 Å². The van der Waals surface area contributed by atoms with Gasteiger partial charge in [0.2, 0.25) is 9.05 Å². The predicted octanol–water partition coefficient (Wildman–Crippen LogP) is 2.23. The first kappa shape index (κ1) is 10.3. The molecule has 0 amide bonds. The highest BCUT2D eigenvalue weighted by atomic mass is 35.7. The van der Waals surface area contributed by atoms with Crippen LogP contribution in [0.15, 0.2) is 0 Å². The van der Waals surface area contributed by atoms with Crippen LogP contribution in [0.4, 0.5) is 4.39 Å². The van der Waals surface area contributed by atoms with Gasteiger partial charge in [0.05, 0.1) is 0 Å². The SMILES string of the molecule is O=S(=O)(Cl)[C@H]1CCCCC[C@@H]1F. The molecule has 5 heteroatoms. The molecular formula is C7H12ClFO2S. The van der Waals surface area contributed by atoms with Gasteiger partial charge in [0.1, 0.15) is 11.4 Å². The largest absolute Gasteiger partial charge is 0.246 e. The number of halogens is 2. The minimum absolute atomic E-state index is 0.330. The van der Waals surface area contributed by atoms with E-state index in [1.165, 1.54) is 0 Å². The molecule has 0 saturated heterocycles. The van der Waals surface area contributed by atoms with E-state index in [2.05, 4.69) is 0 Å². The maximum atomic E-state index is 13.1. The van der Waals surface area contributed by atoms with Crippen molar-refractivity contribution in [2.24, 2.45) is 0 Å². The third kappa shape index (κ3) is 2.59. The summed E-state index contributed by atoms with van der Waals surface area (Å²) in [6.45, 7) is 0. The molecule has 1 fully saturated rings. The Kier molecular flexibility index (Phi) is 3.35. The van der Waals surface area contributed by atoms with Crippen molar-refractivity contribution < 1.29 is 12.8 Å². The molecule has 0 aromatic heterocycles. The van der Waals surface area contributed by atoms with E-state index in [1.54, 1.807) is 0 Å². The molecule has 1 aliphatic carbocycles. The van der Waals surface area contributed by atoms with E-state index in [1.807, 2.05) is 0 Å². The summed E-state index contributed by atoms with van der Waals surface area (Å²) in [6.07, 6.45) is 1.86. The van der Waals surface area contributed by atoms with Crippen molar-refractivity contribution in [2.75, 3.05) is 0 Å². The second-order valence-electron chi connectivity index (χ2n) is 3.17. The molecule has 0 spiro atoms. The van der Waals surface area contributed by atoms with Crippen molar-refractivity contribution in [3.8, 4) is 0 Å². The van der Waals surface area contributed by atoms with Gasteiger partial charge in [-0.3, -0.25) is 0 Å². The van der Waals surface area contributed by atoms with Gasteiger partial charge in [0.25, 0.3) is 0 Å². The fourth-order valence-corrected chi connectivity index (χ4v) is 3.08. The quantitative estimate of drug-likeness (QED) is 0.496. The second-order valence-corrected chi connectivity index (χ2v) is 6.02. The van der Waals surface area contributed by atoms with Crippen LogP contribution in [0.3, 0.4) is 0 Å². The van der Waals surface area contributed by atoms with Gasteiger partial charge >= 0.3 is 0 Å². The maximum absolute atomic E-state index is 13.1. The molecule has 0 aromatic rings. The normalized spacial score (nSPS) is 32.8. The van der Waals surface area contributed by atoms with Crippen molar-refractivity contribution in [3.05, 3.63) is 0 Å². The van der Waals surface area contributed by atoms with Crippen LogP contribution in [0, 0.1) is 0 Å². The third-order valence-electron chi connectivity index (χ3n) is 2.23. The lowest BCUT2D eigenvalue weighted by Gasteiger charge is -2.13. The summed E-state index contributed by atoms with van der Waals surface area (Å²) in [5.74, 6) is 0. The first-order valence-corrected chi connectivity index (χ1v) is 6.46. The van der Waals surface area contributed by atoms with Crippen molar-refractivity contribution in [2.45, 2.75) is 43.5 Å². The predicted molar refractivity (Wildman–Crippen MR) is 46.5 cm³/mol. The zero-order valence-electron chi connectivity index (χ0n) is 6.67. The average molecular weight is 215 g/mol. The molecule has 2 atom stereocenters. The summed E-state index contributed by atoms with van der Waals surface area (Å²) < 4.78 is 34.9. The first-order valence-electron chi connectivity index (χ1n) is 4.09. The fraction of sp³-hybridized carbons (Fsp3) is 1.00. The fourth-order valence-electron chi connectivity index (χ4n) is 1.55. The van der Waals surface area contributed by atoms with Crippen molar-refractivity contribution in [3.63, 3.8) is 0 Å². The lowest BCUT2D eigenvalue weighted by molar-refractivity contribution is 0.303. The summed E-state index contributed by atoms with van der Waals surface area (Å²) in [5, 5.41) is -0.971. The van der Waals surface area contributed by atoms with Crippen molar-refractivity contribution in [1.82, 2.24) is 0 Å². The summed E-state index contributed by atoms with van der Waals surface area (Å²) in [5.41, 5.74) is 0. The average Bonchev–Trinajstić information content (AvgIpc) is 2.11. The summed E-state index contributed by atoms with van der Waals surface area (Å²) in [4.78, 5) is 0. The lowest BCUT2D eigenvalue weighted by Crippen LogP contribution is -2.26. The van der Waals surface area contributed by atoms with Gasteiger partial charge in [-0.15, -0.1) is 0 Å². The molecule has 72 valence electrons. The van der Waals surface area contributed by atoms with E-state index in [0.717, 1.165) is 19.3 Å². The Bertz CT molecular complexity index is 240. The Balaban J connectivity index is 2.72. The standard InChI is InChI=1S/C7H12ClFO2S/c8-12(10,11)7-5-3-1-2-4-6(7)9/h6-7H,1-5H2/t6-,7-/m0/s1. The van der Waals surface area contributed by atoms with Gasteiger partial charge in [0.15, 0.2) is 0 Å². The van der Waals surface area contributed by atoms with Gasteiger partial charge < -0.3 is 0 Å². The van der Waals surface area contributed by atoms with E-state index >= 15 is 0 Å². The Morgan fingerprint density at radius 1 is 1.17 bits per heavy atom. The van der Waals surface area contributed by atoms with E-state index in [4.69, 9.17) is 10.7 Å². The molecule has 0 aromatic carbocycles. The first-order chi connectivity index (χ1) is 5.52. The lowest BCUT2D eigenvalue weighted by atomic mass is 10.2. The van der Waals surface area contributed by atoms with Crippen LogP contribution in [-0.4, -0.2) is 19.8 Å². The van der Waals surface area contributed by atoms with Crippen molar-refractivity contribution in [1.29, 1.82) is 0 Å². The number of rotatable bonds is 1. The Hall–Kier alpha value is 0.170. The minimum atomic E-state index is -3.70. The van der Waals surface area contributed by atoms with Gasteiger partial charge in [-0.1, -0.05) is 19.3 Å². The number of hydrogen-bond donors (Lipinski definition) is 0. The molecule has 1 rings (SSSR count). The smallest absolute Gasteiger partial charge is 0.238 e. The highest BCUT2D eigenvalue weighted by molar-refractivity contribution is 8.14. The van der Waals surface area contributed by atoms with Crippen LogP contribution >= 0.6 is 10.7 Å². The molecule has 1 aliphatic rings. The number of alkyl halides is 1.